The molecule has 4 rings (SSSR count). The van der Waals surface area contributed by atoms with Crippen molar-refractivity contribution in [2.75, 3.05) is 11.9 Å². The molecule has 1 N–H and O–H groups in total. The van der Waals surface area contributed by atoms with Crippen molar-refractivity contribution in [3.63, 3.8) is 0 Å². The lowest BCUT2D eigenvalue weighted by Crippen LogP contribution is -2.23. The molecule has 0 fully saturated rings. The van der Waals surface area contributed by atoms with Crippen LogP contribution in [0.25, 0.3) is 0 Å². The van der Waals surface area contributed by atoms with Gasteiger partial charge in [-0.2, -0.15) is 0 Å². The first-order chi connectivity index (χ1) is 16.3. The maximum Gasteiger partial charge on any atom is 0.339 e. The van der Waals surface area contributed by atoms with Crippen LogP contribution >= 0.6 is 11.6 Å². The molecule has 172 valence electrons. The normalized spacial score (nSPS) is 14.5. The molecule has 1 amide bonds. The first kappa shape index (κ1) is 22.9. The molecule has 0 bridgehead atoms. The van der Waals surface area contributed by atoms with E-state index in [1.807, 2.05) is 30.3 Å². The Hall–Kier alpha value is -4.24. The van der Waals surface area contributed by atoms with E-state index in [0.29, 0.717) is 17.5 Å². The van der Waals surface area contributed by atoms with Crippen LogP contribution in [-0.4, -0.2) is 29.4 Å². The van der Waals surface area contributed by atoms with Crippen molar-refractivity contribution in [2.45, 2.75) is 12.5 Å². The first-order valence-corrected chi connectivity index (χ1v) is 10.5. The number of rotatable bonds is 6. The fraction of sp³-hybridized carbons (Fsp3) is 0.125. The number of benzene rings is 3. The van der Waals surface area contributed by atoms with Gasteiger partial charge < -0.3 is 14.8 Å². The number of nitrogens with zero attached hydrogens (tertiary/aromatic N) is 1. The van der Waals surface area contributed by atoms with E-state index in [-0.39, 0.29) is 22.0 Å². The molecule has 0 saturated carbocycles. The SMILES string of the molecule is O=C(COC(=O)c1ccc2c(c1)CC(c1ccccc1)OC2=O)Nc1ccc([N+](=O)[O-])cc1Cl. The maximum absolute atomic E-state index is 12.5. The summed E-state index contributed by atoms with van der Waals surface area (Å²) in [4.78, 5) is 47.2. The smallest absolute Gasteiger partial charge is 0.339 e. The van der Waals surface area contributed by atoms with E-state index in [0.717, 1.165) is 11.6 Å². The molecular formula is C24H17ClN2O7. The molecular weight excluding hydrogens is 464 g/mol. The quantitative estimate of drug-likeness (QED) is 0.313. The predicted octanol–water partition coefficient (Wildman–Crippen LogP) is 4.50. The van der Waals surface area contributed by atoms with Crippen LogP contribution in [0.4, 0.5) is 11.4 Å². The number of anilines is 1. The summed E-state index contributed by atoms with van der Waals surface area (Å²) in [6.07, 6.45) is -0.0737. The molecule has 9 nitrogen and oxygen atoms in total. The number of hydrogen-bond acceptors (Lipinski definition) is 7. The van der Waals surface area contributed by atoms with Crippen LogP contribution in [0, 0.1) is 10.1 Å². The van der Waals surface area contributed by atoms with E-state index < -0.39 is 35.5 Å². The zero-order valence-corrected chi connectivity index (χ0v) is 18.3. The predicted molar refractivity (Wildman–Crippen MR) is 122 cm³/mol. The van der Waals surface area contributed by atoms with Gasteiger partial charge >= 0.3 is 11.9 Å². The van der Waals surface area contributed by atoms with Gasteiger partial charge in [-0.1, -0.05) is 41.9 Å². The summed E-state index contributed by atoms with van der Waals surface area (Å²) >= 11 is 5.95. The van der Waals surface area contributed by atoms with Gasteiger partial charge in [0.25, 0.3) is 11.6 Å². The van der Waals surface area contributed by atoms with Gasteiger partial charge in [0.15, 0.2) is 6.61 Å². The number of hydrogen-bond donors (Lipinski definition) is 1. The molecule has 3 aromatic carbocycles. The minimum atomic E-state index is -0.747. The minimum Gasteiger partial charge on any atom is -0.454 e. The summed E-state index contributed by atoms with van der Waals surface area (Å²) in [5.74, 6) is -1.90. The summed E-state index contributed by atoms with van der Waals surface area (Å²) in [5.41, 5.74) is 1.96. The first-order valence-electron chi connectivity index (χ1n) is 10.1. The summed E-state index contributed by atoms with van der Waals surface area (Å²) in [5, 5.41) is 13.2. The second-order valence-corrected chi connectivity index (χ2v) is 7.83. The number of halogens is 1. The Morgan fingerprint density at radius 3 is 2.59 bits per heavy atom. The third-order valence-corrected chi connectivity index (χ3v) is 5.47. The monoisotopic (exact) mass is 480 g/mol. The molecule has 0 saturated heterocycles. The number of non-ortho nitro benzene ring substituents is 1. The Morgan fingerprint density at radius 2 is 1.88 bits per heavy atom. The molecule has 0 radical (unpaired) electrons. The number of carbonyl (C=O) groups is 3. The lowest BCUT2D eigenvalue weighted by atomic mass is 9.93. The van der Waals surface area contributed by atoms with Crippen molar-refractivity contribution in [2.24, 2.45) is 0 Å². The Morgan fingerprint density at radius 1 is 1.12 bits per heavy atom. The van der Waals surface area contributed by atoms with Gasteiger partial charge in [-0.05, 0) is 35.4 Å². The van der Waals surface area contributed by atoms with Gasteiger partial charge in [-0.3, -0.25) is 14.9 Å². The van der Waals surface area contributed by atoms with Crippen molar-refractivity contribution >= 4 is 40.8 Å². The number of amides is 1. The van der Waals surface area contributed by atoms with Gasteiger partial charge in [0, 0.05) is 18.6 Å². The zero-order valence-electron chi connectivity index (χ0n) is 17.5. The van der Waals surface area contributed by atoms with Crippen molar-refractivity contribution < 1.29 is 28.8 Å². The Balaban J connectivity index is 1.40. The van der Waals surface area contributed by atoms with Crippen LogP contribution < -0.4 is 5.32 Å². The largest absolute Gasteiger partial charge is 0.454 e. The molecule has 3 aromatic rings. The summed E-state index contributed by atoms with van der Waals surface area (Å²) < 4.78 is 10.6. The van der Waals surface area contributed by atoms with Crippen LogP contribution in [0.3, 0.4) is 0 Å². The van der Waals surface area contributed by atoms with E-state index in [4.69, 9.17) is 21.1 Å². The van der Waals surface area contributed by atoms with Gasteiger partial charge in [0.05, 0.1) is 26.8 Å². The number of nitrogens with one attached hydrogen (secondary N) is 1. The van der Waals surface area contributed by atoms with Gasteiger partial charge in [-0.25, -0.2) is 9.59 Å². The zero-order chi connectivity index (χ0) is 24.2. The van der Waals surface area contributed by atoms with E-state index in [2.05, 4.69) is 5.32 Å². The number of nitro benzene ring substituents is 1. The summed E-state index contributed by atoms with van der Waals surface area (Å²) in [7, 11) is 0. The fourth-order valence-corrected chi connectivity index (χ4v) is 3.72. The lowest BCUT2D eigenvalue weighted by molar-refractivity contribution is -0.384. The highest BCUT2D eigenvalue weighted by molar-refractivity contribution is 6.34. The Bertz CT molecular complexity index is 1290. The number of ether oxygens (including phenoxy) is 2. The highest BCUT2D eigenvalue weighted by Gasteiger charge is 2.28. The molecule has 1 unspecified atom stereocenters. The highest BCUT2D eigenvalue weighted by atomic mass is 35.5. The van der Waals surface area contributed by atoms with Crippen LogP contribution in [0.1, 0.15) is 37.9 Å². The average molecular weight is 481 g/mol. The fourth-order valence-electron chi connectivity index (χ4n) is 3.50. The molecule has 10 heteroatoms. The molecule has 0 spiro atoms. The van der Waals surface area contributed by atoms with Crippen LogP contribution in [0.15, 0.2) is 66.7 Å². The molecule has 0 aromatic heterocycles. The standard InChI is InChI=1S/C24H17ClN2O7/c25-19-12-17(27(31)32)7-9-20(19)26-22(28)13-33-23(29)15-6-8-18-16(10-15)11-21(34-24(18)30)14-4-2-1-3-5-14/h1-10,12,21H,11,13H2,(H,26,28). The van der Waals surface area contributed by atoms with E-state index >= 15 is 0 Å². The van der Waals surface area contributed by atoms with Crippen LogP contribution in [0.5, 0.6) is 0 Å². The van der Waals surface area contributed by atoms with Crippen LogP contribution in [-0.2, 0) is 20.7 Å². The molecule has 1 heterocycles. The number of cyclic esters (lactones) is 1. The third-order valence-electron chi connectivity index (χ3n) is 5.16. The van der Waals surface area contributed by atoms with Crippen molar-refractivity contribution in [1.82, 2.24) is 0 Å². The van der Waals surface area contributed by atoms with E-state index in [1.54, 1.807) is 6.07 Å². The van der Waals surface area contributed by atoms with Gasteiger partial charge in [-0.15, -0.1) is 0 Å². The number of carbonyl (C=O) groups excluding carboxylic acids is 3. The van der Waals surface area contributed by atoms with E-state index in [1.165, 1.54) is 24.3 Å². The van der Waals surface area contributed by atoms with Gasteiger partial charge in [0.2, 0.25) is 0 Å². The van der Waals surface area contributed by atoms with Gasteiger partial charge in [0.1, 0.15) is 6.10 Å². The second-order valence-electron chi connectivity index (χ2n) is 7.43. The summed E-state index contributed by atoms with van der Waals surface area (Å²) in [6.45, 7) is -0.599. The number of nitro groups is 1. The van der Waals surface area contributed by atoms with E-state index in [9.17, 15) is 24.5 Å². The Kier molecular flexibility index (Phi) is 6.55. The lowest BCUT2D eigenvalue weighted by Gasteiger charge is -2.25. The van der Waals surface area contributed by atoms with Crippen LogP contribution in [0.2, 0.25) is 5.02 Å². The number of fused-ring (bicyclic) bond motifs is 1. The molecule has 1 atom stereocenters. The second kappa shape index (κ2) is 9.72. The minimum absolute atomic E-state index is 0.0246. The molecule has 0 aliphatic carbocycles. The molecule has 34 heavy (non-hydrogen) atoms. The summed E-state index contributed by atoms with van der Waals surface area (Å²) in [6, 6.07) is 17.3. The maximum atomic E-state index is 12.5. The average Bonchev–Trinajstić information content (AvgIpc) is 2.83. The Labute approximate surface area is 198 Å². The van der Waals surface area contributed by atoms with Crippen molar-refractivity contribution in [3.05, 3.63) is 104 Å². The highest BCUT2D eigenvalue weighted by Crippen LogP contribution is 2.31. The third kappa shape index (κ3) is 5.05. The molecule has 1 aliphatic heterocycles. The van der Waals surface area contributed by atoms with Crippen molar-refractivity contribution in [3.8, 4) is 0 Å². The number of esters is 2. The topological polar surface area (TPSA) is 125 Å². The van der Waals surface area contributed by atoms with Crippen molar-refractivity contribution in [1.29, 1.82) is 0 Å². The molecule has 1 aliphatic rings.